The molecule has 19 heavy (non-hydrogen) atoms. The van der Waals surface area contributed by atoms with Crippen molar-refractivity contribution in [2.24, 2.45) is 5.92 Å². The van der Waals surface area contributed by atoms with E-state index < -0.39 is 0 Å². The van der Waals surface area contributed by atoms with Gasteiger partial charge in [0.15, 0.2) is 5.78 Å². The third-order valence-corrected chi connectivity index (χ3v) is 3.59. The Hall–Kier alpha value is -1.64. The van der Waals surface area contributed by atoms with Crippen LogP contribution in [0, 0.1) is 33.6 Å². The van der Waals surface area contributed by atoms with Crippen molar-refractivity contribution >= 4 is 11.7 Å². The van der Waals surface area contributed by atoms with Gasteiger partial charge in [-0.2, -0.15) is 0 Å². The summed E-state index contributed by atoms with van der Waals surface area (Å²) in [6.07, 6.45) is 0. The van der Waals surface area contributed by atoms with Crippen molar-refractivity contribution in [3.05, 3.63) is 33.9 Å². The Morgan fingerprint density at radius 3 is 1.95 bits per heavy atom. The summed E-state index contributed by atoms with van der Waals surface area (Å²) >= 11 is 0. The van der Waals surface area contributed by atoms with E-state index in [0.717, 1.165) is 27.8 Å². The first-order valence-electron chi connectivity index (χ1n) is 6.64. The molecule has 0 bridgehead atoms. The fourth-order valence-corrected chi connectivity index (χ4v) is 2.10. The first kappa shape index (κ1) is 15.4. The van der Waals surface area contributed by atoms with Crippen LogP contribution < -0.4 is 5.32 Å². The van der Waals surface area contributed by atoms with Gasteiger partial charge >= 0.3 is 0 Å². The van der Waals surface area contributed by atoms with Gasteiger partial charge in [-0.25, -0.2) is 0 Å². The number of benzene rings is 1. The maximum absolute atomic E-state index is 12.3. The number of carbonyl (C=O) groups excluding carboxylic acids is 2. The Bertz CT molecular complexity index is 490. The van der Waals surface area contributed by atoms with Crippen LogP contribution in [0.25, 0.3) is 0 Å². The largest absolute Gasteiger partial charge is 0.348 e. The molecule has 3 nitrogen and oxygen atoms in total. The Labute approximate surface area is 115 Å². The number of hydrogen-bond acceptors (Lipinski definition) is 2. The molecule has 1 aromatic carbocycles. The Kier molecular flexibility index (Phi) is 4.87. The van der Waals surface area contributed by atoms with Crippen LogP contribution in [0.4, 0.5) is 0 Å². The normalized spacial score (nSPS) is 10.7. The van der Waals surface area contributed by atoms with Crippen molar-refractivity contribution in [3.8, 4) is 0 Å². The van der Waals surface area contributed by atoms with Crippen molar-refractivity contribution in [2.45, 2.75) is 41.5 Å². The predicted molar refractivity (Wildman–Crippen MR) is 77.6 cm³/mol. The number of ketones is 1. The van der Waals surface area contributed by atoms with E-state index in [4.69, 9.17) is 0 Å². The van der Waals surface area contributed by atoms with Crippen LogP contribution in [0.3, 0.4) is 0 Å². The molecular formula is C16H23NO2. The minimum absolute atomic E-state index is 0.0178. The summed E-state index contributed by atoms with van der Waals surface area (Å²) in [6.45, 7) is 11.6. The van der Waals surface area contributed by atoms with Crippen molar-refractivity contribution in [2.75, 3.05) is 6.54 Å². The van der Waals surface area contributed by atoms with Crippen molar-refractivity contribution in [3.63, 3.8) is 0 Å². The summed E-state index contributed by atoms with van der Waals surface area (Å²) < 4.78 is 0. The monoisotopic (exact) mass is 261 g/mol. The number of rotatable bonds is 4. The average Bonchev–Trinajstić information content (AvgIpc) is 2.33. The number of aryl methyl sites for hydroxylation is 2. The maximum atomic E-state index is 12.3. The smallest absolute Gasteiger partial charge is 0.222 e. The highest BCUT2D eigenvalue weighted by Gasteiger charge is 2.17. The van der Waals surface area contributed by atoms with Crippen LogP contribution in [0.2, 0.25) is 0 Å². The highest BCUT2D eigenvalue weighted by atomic mass is 16.2. The van der Waals surface area contributed by atoms with Gasteiger partial charge in [-0.1, -0.05) is 19.9 Å². The van der Waals surface area contributed by atoms with Gasteiger partial charge in [-0.15, -0.1) is 0 Å². The molecule has 0 spiro atoms. The predicted octanol–water partition coefficient (Wildman–Crippen LogP) is 2.88. The quantitative estimate of drug-likeness (QED) is 0.847. The zero-order valence-corrected chi connectivity index (χ0v) is 12.7. The summed E-state index contributed by atoms with van der Waals surface area (Å²) in [5, 5.41) is 2.69. The van der Waals surface area contributed by atoms with Crippen LogP contribution in [0.1, 0.15) is 46.5 Å². The molecule has 0 aliphatic rings. The fraction of sp³-hybridized carbons (Fsp3) is 0.500. The molecular weight excluding hydrogens is 238 g/mol. The van der Waals surface area contributed by atoms with E-state index in [-0.39, 0.29) is 24.2 Å². The molecule has 1 N–H and O–H groups in total. The summed E-state index contributed by atoms with van der Waals surface area (Å²) in [5.74, 6) is -0.210. The number of hydrogen-bond donors (Lipinski definition) is 1. The summed E-state index contributed by atoms with van der Waals surface area (Å²) in [5.41, 5.74) is 4.99. The molecule has 0 saturated heterocycles. The average molecular weight is 261 g/mol. The van der Waals surface area contributed by atoms with Gasteiger partial charge in [0.25, 0.3) is 0 Å². The molecule has 1 aromatic rings. The second-order valence-corrected chi connectivity index (χ2v) is 5.43. The molecule has 1 amide bonds. The van der Waals surface area contributed by atoms with Crippen LogP contribution in [0.15, 0.2) is 6.07 Å². The van der Waals surface area contributed by atoms with Gasteiger partial charge in [0.2, 0.25) is 5.91 Å². The standard InChI is InChI=1S/C16H23NO2/c1-9(2)16(19)17-8-14(18)15-12(5)10(3)7-11(4)13(15)6/h7,9H,8H2,1-6H3,(H,17,19). The number of Topliss-reactive ketones (excluding diaryl/α,β-unsaturated/α-hetero) is 1. The molecule has 0 aliphatic carbocycles. The number of carbonyl (C=O) groups is 2. The van der Waals surface area contributed by atoms with Crippen LogP contribution in [0.5, 0.6) is 0 Å². The van der Waals surface area contributed by atoms with Crippen LogP contribution in [-0.2, 0) is 4.79 Å². The third kappa shape index (κ3) is 3.43. The zero-order chi connectivity index (χ0) is 14.7. The van der Waals surface area contributed by atoms with Gasteiger partial charge in [0.05, 0.1) is 6.54 Å². The molecule has 3 heteroatoms. The molecule has 0 heterocycles. The summed E-state index contributed by atoms with van der Waals surface area (Å²) in [6, 6.07) is 2.09. The highest BCUT2D eigenvalue weighted by Crippen LogP contribution is 2.21. The molecule has 0 unspecified atom stereocenters. The van der Waals surface area contributed by atoms with E-state index in [1.54, 1.807) is 0 Å². The van der Waals surface area contributed by atoms with Gasteiger partial charge in [-0.05, 0) is 49.9 Å². The third-order valence-electron chi connectivity index (χ3n) is 3.59. The number of amides is 1. The molecule has 0 aliphatic heterocycles. The van der Waals surface area contributed by atoms with Crippen molar-refractivity contribution in [1.82, 2.24) is 5.32 Å². The van der Waals surface area contributed by atoms with Crippen molar-refractivity contribution in [1.29, 1.82) is 0 Å². The van der Waals surface area contributed by atoms with Crippen LogP contribution in [-0.4, -0.2) is 18.2 Å². The van der Waals surface area contributed by atoms with E-state index in [2.05, 4.69) is 11.4 Å². The second-order valence-electron chi connectivity index (χ2n) is 5.43. The lowest BCUT2D eigenvalue weighted by molar-refractivity contribution is -0.123. The van der Waals surface area contributed by atoms with Gasteiger partial charge in [0.1, 0.15) is 0 Å². The lowest BCUT2D eigenvalue weighted by Gasteiger charge is -2.15. The van der Waals surface area contributed by atoms with Crippen molar-refractivity contribution < 1.29 is 9.59 Å². The van der Waals surface area contributed by atoms with E-state index in [1.807, 2.05) is 41.5 Å². The van der Waals surface area contributed by atoms with Gasteiger partial charge in [-0.3, -0.25) is 9.59 Å². The molecule has 0 saturated carbocycles. The molecule has 0 atom stereocenters. The fourth-order valence-electron chi connectivity index (χ4n) is 2.10. The molecule has 1 rings (SSSR count). The maximum Gasteiger partial charge on any atom is 0.222 e. The van der Waals surface area contributed by atoms with Gasteiger partial charge in [0, 0.05) is 11.5 Å². The minimum Gasteiger partial charge on any atom is -0.348 e. The van der Waals surface area contributed by atoms with E-state index in [9.17, 15) is 9.59 Å². The zero-order valence-electron chi connectivity index (χ0n) is 12.7. The Balaban J connectivity index is 2.98. The lowest BCUT2D eigenvalue weighted by Crippen LogP contribution is -2.33. The Morgan fingerprint density at radius 1 is 1.05 bits per heavy atom. The number of nitrogens with one attached hydrogen (secondary N) is 1. The molecule has 104 valence electrons. The van der Waals surface area contributed by atoms with E-state index in [0.29, 0.717) is 0 Å². The summed E-state index contributed by atoms with van der Waals surface area (Å²) in [4.78, 5) is 23.8. The van der Waals surface area contributed by atoms with E-state index >= 15 is 0 Å². The van der Waals surface area contributed by atoms with Crippen LogP contribution >= 0.6 is 0 Å². The minimum atomic E-state index is -0.103. The second kappa shape index (κ2) is 6.00. The molecule has 0 radical (unpaired) electrons. The van der Waals surface area contributed by atoms with Gasteiger partial charge < -0.3 is 5.32 Å². The topological polar surface area (TPSA) is 46.2 Å². The lowest BCUT2D eigenvalue weighted by atomic mass is 9.91. The first-order chi connectivity index (χ1) is 8.75. The molecule has 0 aromatic heterocycles. The SMILES string of the molecule is Cc1cc(C)c(C)c(C(=O)CNC(=O)C(C)C)c1C. The Morgan fingerprint density at radius 2 is 1.53 bits per heavy atom. The van der Waals surface area contributed by atoms with E-state index in [1.165, 1.54) is 0 Å². The molecule has 0 fully saturated rings. The highest BCUT2D eigenvalue weighted by molar-refractivity contribution is 6.02. The summed E-state index contributed by atoms with van der Waals surface area (Å²) in [7, 11) is 0. The first-order valence-corrected chi connectivity index (χ1v) is 6.64.